The standard InChI is InChI=1S/C12H12BrN3O/c1-8-5-14-3-2-9(8)6-16-12(17)11-4-10(13)7-15-11/h2-5,7,15H,6H2,1H3,(H,16,17). The number of pyridine rings is 1. The molecular formula is C12H12BrN3O. The highest BCUT2D eigenvalue weighted by Gasteiger charge is 2.07. The summed E-state index contributed by atoms with van der Waals surface area (Å²) in [5.41, 5.74) is 2.68. The summed E-state index contributed by atoms with van der Waals surface area (Å²) in [6, 6.07) is 3.65. The molecule has 0 bridgehead atoms. The summed E-state index contributed by atoms with van der Waals surface area (Å²) in [6.07, 6.45) is 5.24. The number of nitrogens with zero attached hydrogens (tertiary/aromatic N) is 1. The molecule has 2 N–H and O–H groups in total. The van der Waals surface area contributed by atoms with Gasteiger partial charge in [0.25, 0.3) is 5.91 Å². The van der Waals surface area contributed by atoms with Crippen molar-refractivity contribution in [1.29, 1.82) is 0 Å². The molecule has 0 saturated carbocycles. The van der Waals surface area contributed by atoms with Crippen LogP contribution in [0.5, 0.6) is 0 Å². The monoisotopic (exact) mass is 293 g/mol. The number of aryl methyl sites for hydroxylation is 1. The van der Waals surface area contributed by atoms with Gasteiger partial charge in [-0.3, -0.25) is 9.78 Å². The number of carbonyl (C=O) groups excluding carboxylic acids is 1. The van der Waals surface area contributed by atoms with E-state index in [1.54, 1.807) is 24.7 Å². The minimum atomic E-state index is -0.119. The predicted octanol–water partition coefficient (Wildman–Crippen LogP) is 2.41. The Balaban J connectivity index is 1.99. The molecule has 4 nitrogen and oxygen atoms in total. The maximum atomic E-state index is 11.8. The third-order valence-electron chi connectivity index (χ3n) is 2.47. The summed E-state index contributed by atoms with van der Waals surface area (Å²) in [4.78, 5) is 18.7. The first-order valence-electron chi connectivity index (χ1n) is 5.18. The summed E-state index contributed by atoms with van der Waals surface area (Å²) >= 11 is 3.29. The summed E-state index contributed by atoms with van der Waals surface area (Å²) < 4.78 is 0.864. The number of halogens is 1. The van der Waals surface area contributed by atoms with Gasteiger partial charge in [0.15, 0.2) is 0 Å². The second-order valence-electron chi connectivity index (χ2n) is 3.72. The van der Waals surface area contributed by atoms with Crippen molar-refractivity contribution in [3.05, 3.63) is 52.0 Å². The largest absolute Gasteiger partial charge is 0.356 e. The second kappa shape index (κ2) is 5.14. The van der Waals surface area contributed by atoms with Crippen LogP contribution in [0.15, 0.2) is 35.2 Å². The zero-order valence-electron chi connectivity index (χ0n) is 9.33. The van der Waals surface area contributed by atoms with E-state index < -0.39 is 0 Å². The SMILES string of the molecule is Cc1cnccc1CNC(=O)c1cc(Br)c[nH]1. The van der Waals surface area contributed by atoms with Crippen LogP contribution in [0.3, 0.4) is 0 Å². The number of amides is 1. The number of H-pyrrole nitrogens is 1. The summed E-state index contributed by atoms with van der Waals surface area (Å²) in [6.45, 7) is 2.48. The molecule has 2 rings (SSSR count). The molecule has 0 radical (unpaired) electrons. The van der Waals surface area contributed by atoms with E-state index in [2.05, 4.69) is 31.2 Å². The molecule has 88 valence electrons. The van der Waals surface area contributed by atoms with Gasteiger partial charge in [-0.15, -0.1) is 0 Å². The first kappa shape index (κ1) is 11.9. The second-order valence-corrected chi connectivity index (χ2v) is 4.63. The minimum Gasteiger partial charge on any atom is -0.356 e. The zero-order valence-corrected chi connectivity index (χ0v) is 10.9. The molecule has 0 spiro atoms. The van der Waals surface area contributed by atoms with Crippen LogP contribution in [-0.2, 0) is 6.54 Å². The van der Waals surface area contributed by atoms with Crippen LogP contribution >= 0.6 is 15.9 Å². The van der Waals surface area contributed by atoms with Gasteiger partial charge >= 0.3 is 0 Å². The molecule has 0 aliphatic rings. The van der Waals surface area contributed by atoms with E-state index in [0.717, 1.165) is 15.6 Å². The molecule has 2 aromatic heterocycles. The molecule has 17 heavy (non-hydrogen) atoms. The van der Waals surface area contributed by atoms with Crippen LogP contribution in [0.2, 0.25) is 0 Å². The quantitative estimate of drug-likeness (QED) is 0.913. The average Bonchev–Trinajstić information content (AvgIpc) is 2.74. The van der Waals surface area contributed by atoms with Gasteiger partial charge < -0.3 is 10.3 Å². The normalized spacial score (nSPS) is 10.2. The number of carbonyl (C=O) groups is 1. The third kappa shape index (κ3) is 2.94. The molecule has 0 aliphatic carbocycles. The van der Waals surface area contributed by atoms with E-state index in [9.17, 15) is 4.79 Å². The highest BCUT2D eigenvalue weighted by Crippen LogP contribution is 2.11. The van der Waals surface area contributed by atoms with Crippen molar-refractivity contribution in [3.8, 4) is 0 Å². The van der Waals surface area contributed by atoms with Crippen LogP contribution in [0, 0.1) is 6.92 Å². The maximum absolute atomic E-state index is 11.8. The van der Waals surface area contributed by atoms with E-state index in [1.165, 1.54) is 0 Å². The first-order valence-corrected chi connectivity index (χ1v) is 5.97. The maximum Gasteiger partial charge on any atom is 0.267 e. The Kier molecular flexibility index (Phi) is 3.58. The Hall–Kier alpha value is -1.62. The lowest BCUT2D eigenvalue weighted by molar-refractivity contribution is 0.0946. The summed E-state index contributed by atoms with van der Waals surface area (Å²) in [7, 11) is 0. The molecule has 0 unspecified atom stereocenters. The van der Waals surface area contributed by atoms with Gasteiger partial charge in [-0.25, -0.2) is 0 Å². The van der Waals surface area contributed by atoms with Gasteiger partial charge in [0.1, 0.15) is 5.69 Å². The topological polar surface area (TPSA) is 57.8 Å². The molecule has 1 amide bonds. The number of aromatic nitrogens is 2. The van der Waals surface area contributed by atoms with Crippen molar-refractivity contribution >= 4 is 21.8 Å². The fourth-order valence-corrected chi connectivity index (χ4v) is 1.81. The average molecular weight is 294 g/mol. The predicted molar refractivity (Wildman–Crippen MR) is 68.6 cm³/mol. The highest BCUT2D eigenvalue weighted by molar-refractivity contribution is 9.10. The Morgan fingerprint density at radius 2 is 2.41 bits per heavy atom. The first-order chi connectivity index (χ1) is 8.16. The smallest absolute Gasteiger partial charge is 0.267 e. The van der Waals surface area contributed by atoms with Crippen molar-refractivity contribution < 1.29 is 4.79 Å². The van der Waals surface area contributed by atoms with Crippen LogP contribution < -0.4 is 5.32 Å². The van der Waals surface area contributed by atoms with Gasteiger partial charge in [0.05, 0.1) is 0 Å². The molecule has 0 aliphatic heterocycles. The molecular weight excluding hydrogens is 282 g/mol. The van der Waals surface area contributed by atoms with E-state index in [-0.39, 0.29) is 5.91 Å². The minimum absolute atomic E-state index is 0.119. The fraction of sp³-hybridized carbons (Fsp3) is 0.167. The number of rotatable bonds is 3. The van der Waals surface area contributed by atoms with Gasteiger partial charge in [-0.1, -0.05) is 0 Å². The Labute approximate surface area is 108 Å². The lowest BCUT2D eigenvalue weighted by Gasteiger charge is -2.06. The summed E-state index contributed by atoms with van der Waals surface area (Å²) in [5.74, 6) is -0.119. The molecule has 0 saturated heterocycles. The number of nitrogens with one attached hydrogen (secondary N) is 2. The van der Waals surface area contributed by atoms with Gasteiger partial charge in [0.2, 0.25) is 0 Å². The van der Waals surface area contributed by atoms with Crippen LogP contribution in [-0.4, -0.2) is 15.9 Å². The molecule has 2 aromatic rings. The molecule has 5 heteroatoms. The van der Waals surface area contributed by atoms with Gasteiger partial charge in [0, 0.05) is 29.6 Å². The van der Waals surface area contributed by atoms with Crippen LogP contribution in [0.25, 0.3) is 0 Å². The molecule has 0 fully saturated rings. The van der Waals surface area contributed by atoms with Crippen LogP contribution in [0.4, 0.5) is 0 Å². The Morgan fingerprint density at radius 1 is 1.59 bits per heavy atom. The van der Waals surface area contributed by atoms with Gasteiger partial charge in [-0.2, -0.15) is 0 Å². The van der Waals surface area contributed by atoms with Crippen molar-refractivity contribution in [1.82, 2.24) is 15.3 Å². The number of hydrogen-bond donors (Lipinski definition) is 2. The van der Waals surface area contributed by atoms with Crippen molar-refractivity contribution in [2.75, 3.05) is 0 Å². The van der Waals surface area contributed by atoms with Crippen LogP contribution in [0.1, 0.15) is 21.6 Å². The van der Waals surface area contributed by atoms with E-state index in [1.807, 2.05) is 13.0 Å². The third-order valence-corrected chi connectivity index (χ3v) is 2.93. The van der Waals surface area contributed by atoms with Crippen molar-refractivity contribution in [2.24, 2.45) is 0 Å². The van der Waals surface area contributed by atoms with Crippen molar-refractivity contribution in [3.63, 3.8) is 0 Å². The molecule has 0 aromatic carbocycles. The zero-order chi connectivity index (χ0) is 12.3. The lowest BCUT2D eigenvalue weighted by atomic mass is 10.1. The number of hydrogen-bond acceptors (Lipinski definition) is 2. The highest BCUT2D eigenvalue weighted by atomic mass is 79.9. The van der Waals surface area contributed by atoms with E-state index >= 15 is 0 Å². The lowest BCUT2D eigenvalue weighted by Crippen LogP contribution is -2.23. The van der Waals surface area contributed by atoms with Crippen molar-refractivity contribution in [2.45, 2.75) is 13.5 Å². The van der Waals surface area contributed by atoms with E-state index in [4.69, 9.17) is 0 Å². The number of aromatic amines is 1. The van der Waals surface area contributed by atoms with Gasteiger partial charge in [-0.05, 0) is 46.1 Å². The molecule has 2 heterocycles. The van der Waals surface area contributed by atoms with E-state index in [0.29, 0.717) is 12.2 Å². The molecule has 0 atom stereocenters. The Morgan fingerprint density at radius 3 is 3.06 bits per heavy atom. The fourth-order valence-electron chi connectivity index (χ4n) is 1.47. The Bertz CT molecular complexity index is 536. The summed E-state index contributed by atoms with van der Waals surface area (Å²) in [5, 5.41) is 2.85.